The van der Waals surface area contributed by atoms with Crippen molar-refractivity contribution in [3.05, 3.63) is 29.3 Å². The SMILES string of the molecule is CC(C)C(C)C(Cl)c1ccc2c(c1)CC(C)(C)O2. The van der Waals surface area contributed by atoms with Crippen molar-refractivity contribution in [3.8, 4) is 5.75 Å². The van der Waals surface area contributed by atoms with E-state index >= 15 is 0 Å². The molecule has 1 aliphatic heterocycles. The summed E-state index contributed by atoms with van der Waals surface area (Å²) in [6.45, 7) is 10.9. The van der Waals surface area contributed by atoms with Crippen molar-refractivity contribution in [1.82, 2.24) is 0 Å². The van der Waals surface area contributed by atoms with E-state index in [4.69, 9.17) is 16.3 Å². The molecule has 2 unspecified atom stereocenters. The standard InChI is InChI=1S/C16H23ClO/c1-10(2)11(3)15(17)12-6-7-14-13(8-12)9-16(4,5)18-14/h6-8,10-11,15H,9H2,1-5H3. The van der Waals surface area contributed by atoms with Crippen LogP contribution in [0.2, 0.25) is 0 Å². The van der Waals surface area contributed by atoms with Crippen molar-refractivity contribution in [3.63, 3.8) is 0 Å². The van der Waals surface area contributed by atoms with Gasteiger partial charge in [0.1, 0.15) is 11.4 Å². The zero-order valence-corrected chi connectivity index (χ0v) is 12.7. The van der Waals surface area contributed by atoms with Crippen molar-refractivity contribution >= 4 is 11.6 Å². The Labute approximate surface area is 115 Å². The molecule has 2 heteroatoms. The summed E-state index contributed by atoms with van der Waals surface area (Å²) in [6.07, 6.45) is 0.968. The largest absolute Gasteiger partial charge is 0.487 e. The van der Waals surface area contributed by atoms with Gasteiger partial charge >= 0.3 is 0 Å². The molecule has 0 bridgehead atoms. The van der Waals surface area contributed by atoms with Crippen molar-refractivity contribution in [2.75, 3.05) is 0 Å². The highest BCUT2D eigenvalue weighted by Crippen LogP contribution is 2.39. The molecule has 18 heavy (non-hydrogen) atoms. The predicted molar refractivity (Wildman–Crippen MR) is 77.4 cm³/mol. The van der Waals surface area contributed by atoms with Gasteiger partial charge in [-0.2, -0.15) is 0 Å². The summed E-state index contributed by atoms with van der Waals surface area (Å²) < 4.78 is 5.89. The molecule has 1 heterocycles. The first-order chi connectivity index (χ1) is 8.30. The molecule has 2 atom stereocenters. The maximum absolute atomic E-state index is 6.58. The van der Waals surface area contributed by atoms with Crippen LogP contribution >= 0.6 is 11.6 Å². The molecule has 0 fully saturated rings. The fraction of sp³-hybridized carbons (Fsp3) is 0.625. The van der Waals surface area contributed by atoms with Gasteiger partial charge in [-0.1, -0.05) is 32.9 Å². The molecule has 0 aliphatic carbocycles. The Morgan fingerprint density at radius 1 is 1.22 bits per heavy atom. The lowest BCUT2D eigenvalue weighted by atomic mass is 9.89. The molecule has 1 aliphatic rings. The maximum Gasteiger partial charge on any atom is 0.123 e. The molecule has 0 saturated heterocycles. The molecule has 0 spiro atoms. The van der Waals surface area contributed by atoms with Gasteiger partial charge in [-0.3, -0.25) is 0 Å². The summed E-state index contributed by atoms with van der Waals surface area (Å²) in [7, 11) is 0. The van der Waals surface area contributed by atoms with E-state index in [1.54, 1.807) is 0 Å². The summed E-state index contributed by atoms with van der Waals surface area (Å²) in [4.78, 5) is 0. The van der Waals surface area contributed by atoms with Crippen LogP contribution in [0.5, 0.6) is 5.75 Å². The second kappa shape index (κ2) is 4.77. The molecule has 0 radical (unpaired) electrons. The smallest absolute Gasteiger partial charge is 0.123 e. The first-order valence-corrected chi connectivity index (χ1v) is 7.20. The molecule has 0 aromatic heterocycles. The molecule has 0 amide bonds. The number of benzene rings is 1. The predicted octanol–water partition coefficient (Wildman–Crippen LogP) is 4.97. The molecule has 0 saturated carbocycles. The number of hydrogen-bond acceptors (Lipinski definition) is 1. The van der Waals surface area contributed by atoms with Crippen LogP contribution in [0.15, 0.2) is 18.2 Å². The van der Waals surface area contributed by atoms with Crippen LogP contribution < -0.4 is 4.74 Å². The van der Waals surface area contributed by atoms with Crippen LogP contribution in [0.1, 0.15) is 51.1 Å². The number of ether oxygens (including phenoxy) is 1. The second-order valence-corrected chi connectivity index (χ2v) is 6.88. The Morgan fingerprint density at radius 3 is 2.50 bits per heavy atom. The van der Waals surface area contributed by atoms with Crippen LogP contribution in [-0.4, -0.2) is 5.60 Å². The van der Waals surface area contributed by atoms with E-state index in [1.807, 2.05) is 0 Å². The van der Waals surface area contributed by atoms with Crippen molar-refractivity contribution in [2.45, 2.75) is 52.0 Å². The van der Waals surface area contributed by atoms with Gasteiger partial charge in [-0.25, -0.2) is 0 Å². The Hall–Kier alpha value is -0.690. The van der Waals surface area contributed by atoms with Gasteiger partial charge in [0.25, 0.3) is 0 Å². The fourth-order valence-electron chi connectivity index (χ4n) is 2.44. The Morgan fingerprint density at radius 2 is 1.89 bits per heavy atom. The van der Waals surface area contributed by atoms with E-state index in [1.165, 1.54) is 11.1 Å². The monoisotopic (exact) mass is 266 g/mol. The number of fused-ring (bicyclic) bond motifs is 1. The quantitative estimate of drug-likeness (QED) is 0.702. The zero-order chi connectivity index (χ0) is 13.5. The average Bonchev–Trinajstić information content (AvgIpc) is 2.59. The topological polar surface area (TPSA) is 9.23 Å². The van der Waals surface area contributed by atoms with Gasteiger partial charge in [-0.15, -0.1) is 11.6 Å². The third-order valence-corrected chi connectivity index (χ3v) is 4.57. The van der Waals surface area contributed by atoms with E-state index in [2.05, 4.69) is 52.8 Å². The molecular formula is C16H23ClO. The van der Waals surface area contributed by atoms with E-state index in [-0.39, 0.29) is 11.0 Å². The van der Waals surface area contributed by atoms with Crippen LogP contribution in [0.25, 0.3) is 0 Å². The van der Waals surface area contributed by atoms with Crippen molar-refractivity contribution < 1.29 is 4.74 Å². The summed E-state index contributed by atoms with van der Waals surface area (Å²) in [6, 6.07) is 6.40. The van der Waals surface area contributed by atoms with Gasteiger partial charge in [0.15, 0.2) is 0 Å². The molecule has 0 N–H and O–H groups in total. The molecule has 1 aromatic rings. The van der Waals surface area contributed by atoms with Crippen LogP contribution in [0.4, 0.5) is 0 Å². The van der Waals surface area contributed by atoms with E-state index in [0.29, 0.717) is 11.8 Å². The lowest BCUT2D eigenvalue weighted by molar-refractivity contribution is 0.138. The highest BCUT2D eigenvalue weighted by Gasteiger charge is 2.31. The van der Waals surface area contributed by atoms with Crippen LogP contribution in [-0.2, 0) is 6.42 Å². The van der Waals surface area contributed by atoms with Crippen LogP contribution in [0, 0.1) is 11.8 Å². The third-order valence-electron chi connectivity index (χ3n) is 3.92. The molecule has 100 valence electrons. The van der Waals surface area contributed by atoms with E-state index in [9.17, 15) is 0 Å². The Balaban J connectivity index is 2.23. The normalized spacial score (nSPS) is 20.4. The number of alkyl halides is 1. The van der Waals surface area contributed by atoms with E-state index in [0.717, 1.165) is 12.2 Å². The van der Waals surface area contributed by atoms with Crippen molar-refractivity contribution in [1.29, 1.82) is 0 Å². The lowest BCUT2D eigenvalue weighted by Crippen LogP contribution is -2.24. The number of rotatable bonds is 3. The van der Waals surface area contributed by atoms with Crippen molar-refractivity contribution in [2.24, 2.45) is 11.8 Å². The lowest BCUT2D eigenvalue weighted by Gasteiger charge is -2.22. The second-order valence-electron chi connectivity index (χ2n) is 6.41. The van der Waals surface area contributed by atoms with Gasteiger partial charge < -0.3 is 4.74 Å². The van der Waals surface area contributed by atoms with Crippen LogP contribution in [0.3, 0.4) is 0 Å². The third kappa shape index (κ3) is 2.66. The van der Waals surface area contributed by atoms with Gasteiger partial charge in [0.2, 0.25) is 0 Å². The average molecular weight is 267 g/mol. The van der Waals surface area contributed by atoms with Gasteiger partial charge in [0, 0.05) is 6.42 Å². The minimum Gasteiger partial charge on any atom is -0.487 e. The highest BCUT2D eigenvalue weighted by atomic mass is 35.5. The summed E-state index contributed by atoms with van der Waals surface area (Å²) in [5.41, 5.74) is 2.43. The number of hydrogen-bond donors (Lipinski definition) is 0. The first-order valence-electron chi connectivity index (χ1n) is 6.76. The molecule has 1 nitrogen and oxygen atoms in total. The van der Waals surface area contributed by atoms with Gasteiger partial charge in [0.05, 0.1) is 5.38 Å². The molecular weight excluding hydrogens is 244 g/mol. The first kappa shape index (κ1) is 13.7. The molecule has 2 rings (SSSR count). The molecule has 1 aromatic carbocycles. The van der Waals surface area contributed by atoms with E-state index < -0.39 is 0 Å². The summed E-state index contributed by atoms with van der Waals surface area (Å²) >= 11 is 6.58. The summed E-state index contributed by atoms with van der Waals surface area (Å²) in [5, 5.41) is 0.0824. The maximum atomic E-state index is 6.58. The fourth-order valence-corrected chi connectivity index (χ4v) is 2.87. The highest BCUT2D eigenvalue weighted by molar-refractivity contribution is 6.21. The minimum absolute atomic E-state index is 0.0770. The minimum atomic E-state index is -0.0770. The van der Waals surface area contributed by atoms with Gasteiger partial charge in [-0.05, 0) is 42.9 Å². The Kier molecular flexibility index (Phi) is 3.64. The Bertz CT molecular complexity index is 437. The summed E-state index contributed by atoms with van der Waals surface area (Å²) in [5.74, 6) is 2.08. The zero-order valence-electron chi connectivity index (χ0n) is 12.0. The number of halogens is 1.